The molecule has 0 spiro atoms. The number of rotatable bonds is 39. The minimum Gasteiger partial charge on any atom is -0.379 e. The van der Waals surface area contributed by atoms with Crippen LogP contribution in [0.1, 0.15) is 144 Å². The van der Waals surface area contributed by atoms with Crippen molar-refractivity contribution < 1.29 is 57.4 Å². The number of nitrogens with one attached hydrogen (secondary N) is 6. The average molecular weight is 1320 g/mol. The van der Waals surface area contributed by atoms with E-state index in [1.54, 1.807) is 55.0 Å². The third-order valence-corrected chi connectivity index (χ3v) is 18.6. The molecule has 2 aliphatic heterocycles. The molecule has 23 nitrogen and oxygen atoms in total. The molecule has 10 amide bonds. The van der Waals surface area contributed by atoms with E-state index in [1.807, 2.05) is 121 Å². The highest BCUT2D eigenvalue weighted by molar-refractivity contribution is 6.03. The molecule has 95 heavy (non-hydrogen) atoms. The molecule has 2 unspecified atom stereocenters. The van der Waals surface area contributed by atoms with Gasteiger partial charge < -0.3 is 56.9 Å². The summed E-state index contributed by atoms with van der Waals surface area (Å²) in [4.78, 5) is 144. The number of imide groups is 1. The number of hydrogen-bond donors (Lipinski definition) is 7. The Balaban J connectivity index is 1.25. The second kappa shape index (κ2) is 38.8. The van der Waals surface area contributed by atoms with Crippen LogP contribution in [0.3, 0.4) is 0 Å². The van der Waals surface area contributed by atoms with E-state index in [4.69, 9.17) is 15.2 Å². The van der Waals surface area contributed by atoms with Gasteiger partial charge in [0.15, 0.2) is 0 Å². The highest BCUT2D eigenvalue weighted by Crippen LogP contribution is 2.31. The van der Waals surface area contributed by atoms with Crippen molar-refractivity contribution in [2.24, 2.45) is 35.3 Å². The molecular formula is C72H109N11O12. The third kappa shape index (κ3) is 23.1. The minimum absolute atomic E-state index is 0.00353. The molecule has 3 aromatic carbocycles. The third-order valence-electron chi connectivity index (χ3n) is 18.6. The summed E-state index contributed by atoms with van der Waals surface area (Å²) in [6.07, 6.45) is 3.92. The SMILES string of the molecule is CC[C@H](C)[C@@H]([C@@H](CC(=O)N1CCC[C@H]1[C@H](OC)[C@@H](C)C(=O)N[C@@H](Cc1ccccc1)C(=O)Nc1ccc(NC(=O)[C@H](CCCCN)NC(=O)[C@H](Cc2ccccc2)NC(=O)CCCCCN2C(=O)CC(C)C2=O)cc1)OC)N(C)C(=O)[C@@H](NC(=O)C(C(C)C)N(C)C)C(C)C. The summed E-state index contributed by atoms with van der Waals surface area (Å²) in [5.74, 6) is -5.00. The Morgan fingerprint density at radius 2 is 1.22 bits per heavy atom. The van der Waals surface area contributed by atoms with E-state index in [1.165, 1.54) is 19.1 Å². The molecule has 0 saturated carbocycles. The normalized spacial score (nSPS) is 18.0. The molecule has 0 radical (unpaired) electrons. The Kier molecular flexibility index (Phi) is 31.9. The Labute approximate surface area is 563 Å². The lowest BCUT2D eigenvalue weighted by molar-refractivity contribution is -0.148. The number of ether oxygens (including phenoxy) is 2. The quantitative estimate of drug-likeness (QED) is 0.0246. The van der Waals surface area contributed by atoms with Crippen LogP contribution < -0.4 is 37.6 Å². The number of nitrogens with two attached hydrogens (primary N) is 1. The van der Waals surface area contributed by atoms with Gasteiger partial charge in [0.25, 0.3) is 0 Å². The fourth-order valence-corrected chi connectivity index (χ4v) is 13.0. The van der Waals surface area contributed by atoms with Crippen LogP contribution >= 0.6 is 0 Å². The van der Waals surface area contributed by atoms with Crippen LogP contribution in [-0.4, -0.2) is 188 Å². The number of carbonyl (C=O) groups is 10. The van der Waals surface area contributed by atoms with Crippen LogP contribution in [0.2, 0.25) is 0 Å². The fraction of sp³-hybridized carbons (Fsp3) is 0.611. The number of nitrogens with zero attached hydrogens (tertiary/aromatic N) is 4. The first-order valence-electron chi connectivity index (χ1n) is 34.1. The Hall–Kier alpha value is -7.60. The minimum atomic E-state index is -1.07. The molecule has 5 rings (SSSR count). The van der Waals surface area contributed by atoms with Gasteiger partial charge in [-0.05, 0) is 119 Å². The van der Waals surface area contributed by atoms with Gasteiger partial charge in [0.1, 0.15) is 24.2 Å². The molecule has 12 atom stereocenters. The van der Waals surface area contributed by atoms with Gasteiger partial charge in [-0.3, -0.25) is 57.7 Å². The largest absolute Gasteiger partial charge is 0.379 e. The zero-order valence-corrected chi connectivity index (χ0v) is 58.5. The summed E-state index contributed by atoms with van der Waals surface area (Å²) in [5.41, 5.74) is 8.16. The van der Waals surface area contributed by atoms with E-state index in [9.17, 15) is 47.9 Å². The van der Waals surface area contributed by atoms with Gasteiger partial charge in [-0.2, -0.15) is 0 Å². The van der Waals surface area contributed by atoms with E-state index in [2.05, 4.69) is 31.9 Å². The Morgan fingerprint density at radius 3 is 1.73 bits per heavy atom. The molecule has 23 heteroatoms. The van der Waals surface area contributed by atoms with Crippen molar-refractivity contribution in [3.63, 3.8) is 0 Å². The monoisotopic (exact) mass is 1320 g/mol. The van der Waals surface area contributed by atoms with E-state index in [0.717, 1.165) is 11.1 Å². The number of anilines is 2. The van der Waals surface area contributed by atoms with E-state index >= 15 is 0 Å². The standard InChI is InChI=1S/C72H109N11O12/c1-14-47(6)64(81(11)72(93)62(45(2)3)79-70(91)63(46(4)5)80(9)10)58(94-12)44-61(86)82-40-26-32-57(82)65(95-13)49(8)66(87)78-56(43-51-29-20-16-21-30-51)68(89)75-53-36-34-52(35-37-53)74-67(88)54(31-23-24-38-73)77-69(90)55(42-50-27-18-15-19-28-50)76-59(84)33-22-17-25-39-83-60(85)41-48(7)71(83)92/h15-16,18-21,27-30,34-37,45-49,54-58,62-65H,14,17,22-26,31-33,38-44,73H2,1-13H3,(H,74,88)(H,75,89)(H,76,84)(H,77,90)(H,78,87)(H,79,91)/t47-,48?,49+,54-,55-,56-,57-,58+,62-,63?,64-,65+/m0/s1. The number of unbranched alkanes of at least 4 members (excludes halogenated alkanes) is 3. The number of amides is 10. The van der Waals surface area contributed by atoms with Crippen LogP contribution in [0.4, 0.5) is 11.4 Å². The lowest BCUT2D eigenvalue weighted by Crippen LogP contribution is -2.59. The summed E-state index contributed by atoms with van der Waals surface area (Å²) in [6, 6.07) is 19.5. The van der Waals surface area contributed by atoms with Crippen molar-refractivity contribution in [1.82, 2.24) is 40.9 Å². The van der Waals surface area contributed by atoms with E-state index < -0.39 is 84.0 Å². The molecule has 2 heterocycles. The second-order valence-corrected chi connectivity index (χ2v) is 26.7. The Morgan fingerprint density at radius 1 is 0.653 bits per heavy atom. The van der Waals surface area contributed by atoms with Crippen molar-refractivity contribution in [2.75, 3.05) is 65.6 Å². The number of likely N-dealkylation sites (tertiary alicyclic amines) is 2. The number of carbonyl (C=O) groups excluding carboxylic acids is 10. The van der Waals surface area contributed by atoms with Crippen LogP contribution in [0.15, 0.2) is 84.9 Å². The molecule has 0 aromatic heterocycles. The highest BCUT2D eigenvalue weighted by Gasteiger charge is 2.44. The number of hydrogen-bond acceptors (Lipinski definition) is 14. The van der Waals surface area contributed by atoms with Crippen LogP contribution in [0.25, 0.3) is 0 Å². The van der Waals surface area contributed by atoms with Crippen molar-refractivity contribution in [3.05, 3.63) is 96.1 Å². The first kappa shape index (κ1) is 78.1. The van der Waals surface area contributed by atoms with Gasteiger partial charge in [0.05, 0.1) is 42.7 Å². The zero-order chi connectivity index (χ0) is 70.1. The lowest BCUT2D eigenvalue weighted by Gasteiger charge is -2.41. The van der Waals surface area contributed by atoms with Crippen molar-refractivity contribution in [3.8, 4) is 0 Å². The molecule has 0 aliphatic carbocycles. The van der Waals surface area contributed by atoms with E-state index in [-0.39, 0.29) is 97.6 Å². The van der Waals surface area contributed by atoms with E-state index in [0.29, 0.717) is 82.4 Å². The predicted molar refractivity (Wildman–Crippen MR) is 367 cm³/mol. The maximum absolute atomic E-state index is 14.7. The Bertz CT molecular complexity index is 2980. The number of likely N-dealkylation sites (N-methyl/N-ethyl adjacent to an activating group) is 2. The zero-order valence-electron chi connectivity index (χ0n) is 58.5. The summed E-state index contributed by atoms with van der Waals surface area (Å²) >= 11 is 0. The molecule has 3 aromatic rings. The molecule has 2 fully saturated rings. The first-order valence-corrected chi connectivity index (χ1v) is 34.1. The molecule has 2 saturated heterocycles. The van der Waals surface area contributed by atoms with Gasteiger partial charge in [0.2, 0.25) is 59.1 Å². The fourth-order valence-electron chi connectivity index (χ4n) is 13.0. The van der Waals surface area contributed by atoms with Gasteiger partial charge in [-0.1, -0.05) is 129 Å². The number of benzene rings is 3. The molecule has 8 N–H and O–H groups in total. The molecule has 2 aliphatic rings. The summed E-state index contributed by atoms with van der Waals surface area (Å²) < 4.78 is 12.2. The van der Waals surface area contributed by atoms with Crippen molar-refractivity contribution >= 4 is 70.4 Å². The van der Waals surface area contributed by atoms with Crippen LogP contribution in [0.5, 0.6) is 0 Å². The van der Waals surface area contributed by atoms with Crippen molar-refractivity contribution in [2.45, 2.75) is 200 Å². The second-order valence-electron chi connectivity index (χ2n) is 26.7. The number of methoxy groups -OCH3 is 2. The average Bonchev–Trinajstić information content (AvgIpc) is 1.81. The van der Waals surface area contributed by atoms with Gasteiger partial charge in [-0.25, -0.2) is 0 Å². The molecule has 0 bridgehead atoms. The lowest BCUT2D eigenvalue weighted by atomic mass is 9.89. The van der Waals surface area contributed by atoms with Gasteiger partial charge in [-0.15, -0.1) is 0 Å². The smallest absolute Gasteiger partial charge is 0.247 e. The predicted octanol–water partition coefficient (Wildman–Crippen LogP) is 6.24. The highest BCUT2D eigenvalue weighted by atomic mass is 16.5. The molecule has 524 valence electrons. The van der Waals surface area contributed by atoms with Crippen molar-refractivity contribution in [1.29, 1.82) is 0 Å². The van der Waals surface area contributed by atoms with Crippen LogP contribution in [0, 0.1) is 29.6 Å². The van der Waals surface area contributed by atoms with Gasteiger partial charge >= 0.3 is 0 Å². The molecular weight excluding hydrogens is 1210 g/mol. The topological polar surface area (TPSA) is 300 Å². The summed E-state index contributed by atoms with van der Waals surface area (Å²) in [6.45, 7) is 16.3. The maximum Gasteiger partial charge on any atom is 0.247 e. The summed E-state index contributed by atoms with van der Waals surface area (Å²) in [7, 11) is 8.42. The van der Waals surface area contributed by atoms with Crippen LogP contribution in [-0.2, 0) is 70.3 Å². The first-order chi connectivity index (χ1) is 45.2. The van der Waals surface area contributed by atoms with Gasteiger partial charge in [0, 0.05) is 77.3 Å². The summed E-state index contributed by atoms with van der Waals surface area (Å²) in [5, 5.41) is 17.6. The maximum atomic E-state index is 14.7.